The molecule has 0 aromatic carbocycles. The second-order valence-corrected chi connectivity index (χ2v) is 4.84. The highest BCUT2D eigenvalue weighted by Gasteiger charge is 1.90. The van der Waals surface area contributed by atoms with Crippen LogP contribution in [0.25, 0.3) is 0 Å². The summed E-state index contributed by atoms with van der Waals surface area (Å²) in [5.41, 5.74) is 5.34. The molecular formula is C16H37NO5. The quantitative estimate of drug-likeness (QED) is 0.371. The number of unbranched alkanes of at least 4 members (excludes halogenated alkanes) is 5. The predicted octanol–water partition coefficient (Wildman–Crippen LogP) is 1.33. The molecule has 0 aliphatic heterocycles. The van der Waals surface area contributed by atoms with Crippen molar-refractivity contribution in [3.05, 3.63) is 0 Å². The van der Waals surface area contributed by atoms with Crippen LogP contribution in [0.15, 0.2) is 0 Å². The van der Waals surface area contributed by atoms with Crippen LogP contribution in [0.5, 0.6) is 0 Å². The third-order valence-electron chi connectivity index (χ3n) is 2.77. The van der Waals surface area contributed by atoms with Crippen molar-refractivity contribution in [1.29, 1.82) is 0 Å². The summed E-state index contributed by atoms with van der Waals surface area (Å²) in [4.78, 5) is 0. The van der Waals surface area contributed by atoms with Gasteiger partial charge < -0.3 is 30.2 Å². The first-order valence-electron chi connectivity index (χ1n) is 8.48. The molecule has 0 atom stereocenters. The highest BCUT2D eigenvalue weighted by atomic mass is 16.5. The van der Waals surface area contributed by atoms with Crippen molar-refractivity contribution >= 4 is 0 Å². The van der Waals surface area contributed by atoms with E-state index >= 15 is 0 Å². The minimum Gasteiger partial charge on any atom is -0.394 e. The van der Waals surface area contributed by atoms with Gasteiger partial charge in [-0.15, -0.1) is 0 Å². The van der Waals surface area contributed by atoms with Gasteiger partial charge in [0.15, 0.2) is 0 Å². The van der Waals surface area contributed by atoms with E-state index in [1.807, 2.05) is 0 Å². The van der Waals surface area contributed by atoms with Crippen LogP contribution in [0.4, 0.5) is 0 Å². The molecule has 4 N–H and O–H groups in total. The zero-order valence-electron chi connectivity index (χ0n) is 14.3. The highest BCUT2D eigenvalue weighted by Crippen LogP contribution is 2.03. The average Bonchev–Trinajstić information content (AvgIpc) is 2.54. The topological polar surface area (TPSA) is 94.2 Å². The highest BCUT2D eigenvalue weighted by molar-refractivity contribution is 4.43. The summed E-state index contributed by atoms with van der Waals surface area (Å²) in [6.45, 7) is 5.87. The normalized spacial score (nSPS) is 10.4. The summed E-state index contributed by atoms with van der Waals surface area (Å²) < 4.78 is 15.0. The molecule has 0 amide bonds. The number of aliphatic hydroxyl groups is 2. The Labute approximate surface area is 135 Å². The lowest BCUT2D eigenvalue weighted by Gasteiger charge is -2.04. The summed E-state index contributed by atoms with van der Waals surface area (Å²) in [7, 11) is 0. The van der Waals surface area contributed by atoms with E-state index in [0.717, 1.165) is 6.54 Å². The molecule has 136 valence electrons. The van der Waals surface area contributed by atoms with Crippen LogP contribution >= 0.6 is 0 Å². The molecule has 0 fully saturated rings. The number of rotatable bonds is 16. The molecule has 0 aliphatic rings. The molecule has 0 spiro atoms. The summed E-state index contributed by atoms with van der Waals surface area (Å²) >= 11 is 0. The van der Waals surface area contributed by atoms with Gasteiger partial charge in [0.2, 0.25) is 0 Å². The van der Waals surface area contributed by atoms with E-state index in [9.17, 15) is 0 Å². The van der Waals surface area contributed by atoms with Crippen LogP contribution in [0.1, 0.15) is 45.4 Å². The second kappa shape index (κ2) is 25.7. The number of hydrogen-bond acceptors (Lipinski definition) is 6. The lowest BCUT2D eigenvalue weighted by atomic mass is 10.1. The van der Waals surface area contributed by atoms with Crippen molar-refractivity contribution in [2.24, 2.45) is 5.73 Å². The van der Waals surface area contributed by atoms with Gasteiger partial charge in [0, 0.05) is 0 Å². The molecule has 0 rings (SSSR count). The standard InChI is InChI=1S/C8H19N.C8H18O5/c1-2-3-4-5-6-7-8-9;9-1-3-11-5-7-13-8-6-12-4-2-10/h2-9H2,1H3;9-10H,1-8H2. The summed E-state index contributed by atoms with van der Waals surface area (Å²) in [5, 5.41) is 16.7. The average molecular weight is 323 g/mol. The van der Waals surface area contributed by atoms with Gasteiger partial charge >= 0.3 is 0 Å². The molecule has 6 heteroatoms. The Kier molecular flexibility index (Phi) is 28.1. The first-order valence-corrected chi connectivity index (χ1v) is 8.48. The minimum atomic E-state index is 0.0413. The van der Waals surface area contributed by atoms with Gasteiger partial charge in [-0.1, -0.05) is 39.0 Å². The maximum absolute atomic E-state index is 8.36. The monoisotopic (exact) mass is 323 g/mol. The van der Waals surface area contributed by atoms with Crippen molar-refractivity contribution in [2.45, 2.75) is 45.4 Å². The largest absolute Gasteiger partial charge is 0.394 e. The van der Waals surface area contributed by atoms with Gasteiger partial charge in [0.25, 0.3) is 0 Å². The van der Waals surface area contributed by atoms with Crippen LogP contribution in [0.3, 0.4) is 0 Å². The molecular weight excluding hydrogens is 286 g/mol. The molecule has 22 heavy (non-hydrogen) atoms. The lowest BCUT2D eigenvalue weighted by Crippen LogP contribution is -2.11. The minimum absolute atomic E-state index is 0.0413. The molecule has 0 saturated heterocycles. The molecule has 0 bridgehead atoms. The Morgan fingerprint density at radius 1 is 0.636 bits per heavy atom. The van der Waals surface area contributed by atoms with Crippen LogP contribution in [-0.2, 0) is 14.2 Å². The molecule has 0 aromatic rings. The molecule has 6 nitrogen and oxygen atoms in total. The molecule has 0 aromatic heterocycles. The zero-order chi connectivity index (χ0) is 16.7. The Morgan fingerprint density at radius 2 is 1.05 bits per heavy atom. The number of aliphatic hydroxyl groups excluding tert-OH is 2. The number of ether oxygens (including phenoxy) is 3. The van der Waals surface area contributed by atoms with E-state index in [0.29, 0.717) is 39.6 Å². The van der Waals surface area contributed by atoms with Crippen LogP contribution in [0, 0.1) is 0 Å². The second-order valence-electron chi connectivity index (χ2n) is 4.84. The van der Waals surface area contributed by atoms with Gasteiger partial charge in [0.1, 0.15) is 0 Å². The van der Waals surface area contributed by atoms with Crippen molar-refractivity contribution in [3.8, 4) is 0 Å². The maximum Gasteiger partial charge on any atom is 0.0701 e. The van der Waals surface area contributed by atoms with E-state index in [4.69, 9.17) is 30.2 Å². The van der Waals surface area contributed by atoms with E-state index in [2.05, 4.69) is 6.92 Å². The summed E-state index contributed by atoms with van der Waals surface area (Å²) in [6.07, 6.45) is 8.05. The zero-order valence-corrected chi connectivity index (χ0v) is 14.3. The van der Waals surface area contributed by atoms with Crippen LogP contribution < -0.4 is 5.73 Å². The molecule has 0 heterocycles. The van der Waals surface area contributed by atoms with Gasteiger partial charge in [-0.2, -0.15) is 0 Å². The fraction of sp³-hybridized carbons (Fsp3) is 1.00. The van der Waals surface area contributed by atoms with Crippen molar-refractivity contribution in [1.82, 2.24) is 0 Å². The Bertz CT molecular complexity index is 157. The van der Waals surface area contributed by atoms with Crippen LogP contribution in [-0.4, -0.2) is 69.6 Å². The third kappa shape index (κ3) is 28.0. The van der Waals surface area contributed by atoms with E-state index in [1.165, 1.54) is 38.5 Å². The van der Waals surface area contributed by atoms with Gasteiger partial charge in [-0.25, -0.2) is 0 Å². The number of nitrogens with two attached hydrogens (primary N) is 1. The third-order valence-corrected chi connectivity index (χ3v) is 2.77. The van der Waals surface area contributed by atoms with Gasteiger partial charge in [-0.3, -0.25) is 0 Å². The van der Waals surface area contributed by atoms with Gasteiger partial charge in [-0.05, 0) is 13.0 Å². The van der Waals surface area contributed by atoms with Crippen molar-refractivity contribution in [2.75, 3.05) is 59.4 Å². The van der Waals surface area contributed by atoms with E-state index in [1.54, 1.807) is 0 Å². The molecule has 0 aliphatic carbocycles. The molecule has 0 unspecified atom stereocenters. The first-order chi connectivity index (χ1) is 10.8. The van der Waals surface area contributed by atoms with Gasteiger partial charge in [0.05, 0.1) is 52.9 Å². The smallest absolute Gasteiger partial charge is 0.0701 e. The fourth-order valence-electron chi connectivity index (χ4n) is 1.60. The summed E-state index contributed by atoms with van der Waals surface area (Å²) in [5.74, 6) is 0. The fourth-order valence-corrected chi connectivity index (χ4v) is 1.60. The van der Waals surface area contributed by atoms with Crippen molar-refractivity contribution in [3.63, 3.8) is 0 Å². The predicted molar refractivity (Wildman–Crippen MR) is 89.1 cm³/mol. The Hall–Kier alpha value is -0.240. The van der Waals surface area contributed by atoms with E-state index < -0.39 is 0 Å². The lowest BCUT2D eigenvalue weighted by molar-refractivity contribution is 0.00230. The number of hydrogen-bond donors (Lipinski definition) is 3. The summed E-state index contributed by atoms with van der Waals surface area (Å²) in [6, 6.07) is 0. The van der Waals surface area contributed by atoms with Crippen molar-refractivity contribution < 1.29 is 24.4 Å². The van der Waals surface area contributed by atoms with Crippen LogP contribution in [0.2, 0.25) is 0 Å². The molecule has 0 saturated carbocycles. The molecule has 0 radical (unpaired) electrons. The van der Waals surface area contributed by atoms with E-state index in [-0.39, 0.29) is 13.2 Å². The Balaban J connectivity index is 0. The first kappa shape index (κ1) is 24.0. The SMILES string of the molecule is CCCCCCCCN.OCCOCCOCCOCCO. The Morgan fingerprint density at radius 3 is 1.45 bits per heavy atom. The maximum atomic E-state index is 8.36.